The molecule has 0 aliphatic heterocycles. The highest BCUT2D eigenvalue weighted by molar-refractivity contribution is 6.15. The van der Waals surface area contributed by atoms with Gasteiger partial charge in [-0.3, -0.25) is 4.98 Å². The van der Waals surface area contributed by atoms with Crippen LogP contribution in [0.25, 0.3) is 95.3 Å². The minimum absolute atomic E-state index is 0.565. The number of rotatable bonds is 10. The highest BCUT2D eigenvalue weighted by Crippen LogP contribution is 2.39. The number of hydrogen-bond donors (Lipinski definition) is 0. The van der Waals surface area contributed by atoms with Crippen molar-refractivity contribution in [3.63, 3.8) is 0 Å². The highest BCUT2D eigenvalue weighted by atomic mass is 15.0. The first-order valence-electron chi connectivity index (χ1n) is 20.3. The Kier molecular flexibility index (Phi) is 10.0. The van der Waals surface area contributed by atoms with E-state index in [2.05, 4.69) is 162 Å². The molecule has 0 spiro atoms. The van der Waals surface area contributed by atoms with Crippen LogP contribution in [0.1, 0.15) is 11.4 Å². The molecule has 0 saturated carbocycles. The zero-order valence-corrected chi connectivity index (χ0v) is 33.3. The lowest BCUT2D eigenvalue weighted by atomic mass is 9.96. The second-order valence-electron chi connectivity index (χ2n) is 14.8. The lowest BCUT2D eigenvalue weighted by molar-refractivity contribution is 1.04. The molecule has 0 aliphatic carbocycles. The smallest absolute Gasteiger partial charge is 0.164 e. The summed E-state index contributed by atoms with van der Waals surface area (Å²) in [7, 11) is 0. The van der Waals surface area contributed by atoms with Crippen molar-refractivity contribution in [1.82, 2.24) is 24.5 Å². The molecule has 0 aliphatic rings. The van der Waals surface area contributed by atoms with Crippen LogP contribution < -0.4 is 0 Å². The third-order valence-electron chi connectivity index (χ3n) is 11.0. The molecule has 3 heterocycles. The Bertz CT molecular complexity index is 3200. The first-order chi connectivity index (χ1) is 30.2. The number of pyridine rings is 1. The molecule has 288 valence electrons. The molecule has 0 saturated heterocycles. The Morgan fingerprint density at radius 3 is 1.66 bits per heavy atom. The van der Waals surface area contributed by atoms with Gasteiger partial charge in [-0.25, -0.2) is 15.0 Å². The van der Waals surface area contributed by atoms with E-state index in [-0.39, 0.29) is 0 Å². The van der Waals surface area contributed by atoms with Crippen molar-refractivity contribution in [1.29, 1.82) is 0 Å². The van der Waals surface area contributed by atoms with Gasteiger partial charge in [0.2, 0.25) is 0 Å². The van der Waals surface area contributed by atoms with Gasteiger partial charge in [-0.2, -0.15) is 0 Å². The van der Waals surface area contributed by atoms with Crippen molar-refractivity contribution < 1.29 is 0 Å². The van der Waals surface area contributed by atoms with E-state index in [0.717, 1.165) is 39.1 Å². The Labute approximate surface area is 355 Å². The monoisotopic (exact) mass is 781 g/mol. The minimum Gasteiger partial charge on any atom is -0.309 e. The van der Waals surface area contributed by atoms with Crippen molar-refractivity contribution in [2.24, 2.45) is 0 Å². The molecule has 10 rings (SSSR count). The van der Waals surface area contributed by atoms with Gasteiger partial charge in [0.1, 0.15) is 0 Å². The van der Waals surface area contributed by atoms with E-state index in [1.54, 1.807) is 6.20 Å². The molecule has 0 bridgehead atoms. The molecular weight excluding hydrogens is 743 g/mol. The molecule has 61 heavy (non-hydrogen) atoms. The van der Waals surface area contributed by atoms with Crippen molar-refractivity contribution in [2.45, 2.75) is 0 Å². The number of hydrogen-bond acceptors (Lipinski definition) is 4. The molecule has 0 N–H and O–H groups in total. The Hall–Kier alpha value is -8.28. The van der Waals surface area contributed by atoms with Crippen LogP contribution in [0, 0.1) is 0 Å². The van der Waals surface area contributed by atoms with Crippen LogP contribution in [0.5, 0.6) is 0 Å². The molecule has 0 radical (unpaired) electrons. The van der Waals surface area contributed by atoms with Gasteiger partial charge in [-0.15, -0.1) is 0 Å². The molecule has 0 atom stereocenters. The van der Waals surface area contributed by atoms with Crippen molar-refractivity contribution >= 4 is 33.5 Å². The fourth-order valence-corrected chi connectivity index (χ4v) is 7.99. The van der Waals surface area contributed by atoms with Crippen LogP contribution in [0.3, 0.4) is 0 Å². The standard InChI is InChI=1S/C56H39N5/c1-2-39(47-17-13-37-57-38-47)16-11-24-53-58-55(45-14-5-3-6-15-45)60-56(59-53)46-35-31-43(32-36-46)41-27-25-40(26-28-41)42-29-33-44(34-30-42)49-21-12-23-52-54(49)50-20-9-10-22-51(50)61(52)48-18-7-4-8-19-48/h2-38H,1H2/b24-11+,39-16+. The summed E-state index contributed by atoms with van der Waals surface area (Å²) in [6.07, 6.45) is 11.2. The third kappa shape index (κ3) is 7.48. The predicted molar refractivity (Wildman–Crippen MR) is 253 cm³/mol. The zero-order chi connectivity index (χ0) is 41.0. The number of para-hydroxylation sites is 2. The summed E-state index contributed by atoms with van der Waals surface area (Å²) < 4.78 is 2.37. The fraction of sp³-hybridized carbons (Fsp3) is 0. The topological polar surface area (TPSA) is 56.5 Å². The Morgan fingerprint density at radius 2 is 1.03 bits per heavy atom. The van der Waals surface area contributed by atoms with Crippen molar-refractivity contribution in [3.05, 3.63) is 237 Å². The van der Waals surface area contributed by atoms with Gasteiger partial charge in [0, 0.05) is 40.0 Å². The van der Waals surface area contributed by atoms with E-state index >= 15 is 0 Å². The highest BCUT2D eigenvalue weighted by Gasteiger charge is 2.16. The zero-order valence-electron chi connectivity index (χ0n) is 33.3. The van der Waals surface area contributed by atoms with Crippen LogP contribution in [-0.4, -0.2) is 24.5 Å². The molecule has 3 aromatic heterocycles. The maximum Gasteiger partial charge on any atom is 0.164 e. The van der Waals surface area contributed by atoms with Crippen LogP contribution in [0.4, 0.5) is 0 Å². The van der Waals surface area contributed by atoms with E-state index in [1.165, 1.54) is 44.1 Å². The first kappa shape index (κ1) is 37.0. The van der Waals surface area contributed by atoms with E-state index in [0.29, 0.717) is 17.5 Å². The molecule has 0 amide bonds. The average molecular weight is 782 g/mol. The molecule has 5 heteroatoms. The molecule has 5 nitrogen and oxygen atoms in total. The number of aromatic nitrogens is 5. The largest absolute Gasteiger partial charge is 0.309 e. The fourth-order valence-electron chi connectivity index (χ4n) is 7.99. The molecular formula is C56H39N5. The van der Waals surface area contributed by atoms with Crippen molar-refractivity contribution in [3.8, 4) is 61.8 Å². The second-order valence-corrected chi connectivity index (χ2v) is 14.8. The van der Waals surface area contributed by atoms with Gasteiger partial charge in [-0.05, 0) is 80.9 Å². The predicted octanol–water partition coefficient (Wildman–Crippen LogP) is 14.0. The Morgan fingerprint density at radius 1 is 0.475 bits per heavy atom. The summed E-state index contributed by atoms with van der Waals surface area (Å²) in [6.45, 7) is 3.98. The van der Waals surface area contributed by atoms with Gasteiger partial charge < -0.3 is 4.57 Å². The normalized spacial score (nSPS) is 11.7. The number of fused-ring (bicyclic) bond motifs is 3. The molecule has 7 aromatic carbocycles. The summed E-state index contributed by atoms with van der Waals surface area (Å²) in [5.41, 5.74) is 14.4. The second kappa shape index (κ2) is 16.5. The van der Waals surface area contributed by atoms with Crippen LogP contribution in [0.15, 0.2) is 225 Å². The summed E-state index contributed by atoms with van der Waals surface area (Å²) >= 11 is 0. The minimum atomic E-state index is 0.565. The maximum absolute atomic E-state index is 4.90. The van der Waals surface area contributed by atoms with Gasteiger partial charge in [-0.1, -0.05) is 183 Å². The van der Waals surface area contributed by atoms with Gasteiger partial charge in [0.05, 0.1) is 11.0 Å². The summed E-state index contributed by atoms with van der Waals surface area (Å²) in [6, 6.07) is 66.0. The van der Waals surface area contributed by atoms with E-state index in [4.69, 9.17) is 15.0 Å². The number of allylic oxidation sites excluding steroid dienone is 4. The summed E-state index contributed by atoms with van der Waals surface area (Å²) in [5.74, 6) is 1.79. The molecule has 0 unspecified atom stereocenters. The lowest BCUT2D eigenvalue weighted by Crippen LogP contribution is -1.99. The number of nitrogens with zero attached hydrogens (tertiary/aromatic N) is 5. The quantitative estimate of drug-likeness (QED) is 0.130. The van der Waals surface area contributed by atoms with Crippen LogP contribution in [-0.2, 0) is 0 Å². The summed E-state index contributed by atoms with van der Waals surface area (Å²) in [4.78, 5) is 18.8. The molecule has 0 fully saturated rings. The van der Waals surface area contributed by atoms with E-state index in [9.17, 15) is 0 Å². The van der Waals surface area contributed by atoms with Crippen LogP contribution >= 0.6 is 0 Å². The van der Waals surface area contributed by atoms with Gasteiger partial charge >= 0.3 is 0 Å². The summed E-state index contributed by atoms with van der Waals surface area (Å²) in [5, 5.41) is 2.52. The average Bonchev–Trinajstić information content (AvgIpc) is 3.68. The first-order valence-corrected chi connectivity index (χ1v) is 20.3. The van der Waals surface area contributed by atoms with Crippen LogP contribution in [0.2, 0.25) is 0 Å². The SMILES string of the molecule is C=C/C(=C\C=C\c1nc(-c2ccccc2)nc(-c2ccc(-c3ccc(-c4ccc(-c5cccc6c5c5ccccc5n6-c5ccccc5)cc4)cc3)cc2)n1)c1cccnc1. The van der Waals surface area contributed by atoms with Gasteiger partial charge in [0.25, 0.3) is 0 Å². The number of benzene rings is 7. The lowest BCUT2D eigenvalue weighted by Gasteiger charge is -2.10. The maximum atomic E-state index is 4.90. The van der Waals surface area contributed by atoms with E-state index < -0.39 is 0 Å². The van der Waals surface area contributed by atoms with E-state index in [1.807, 2.05) is 73.0 Å². The van der Waals surface area contributed by atoms with Gasteiger partial charge in [0.15, 0.2) is 17.5 Å². The van der Waals surface area contributed by atoms with Crippen molar-refractivity contribution in [2.75, 3.05) is 0 Å². The third-order valence-corrected chi connectivity index (χ3v) is 11.0. The molecule has 10 aromatic rings. The Balaban J connectivity index is 0.905.